The van der Waals surface area contributed by atoms with Crippen LogP contribution in [0.4, 0.5) is 0 Å². The molecule has 0 radical (unpaired) electrons. The Morgan fingerprint density at radius 1 is 1.16 bits per heavy atom. The largest absolute Gasteiger partial charge is 0.335 e. The Bertz CT molecular complexity index is 514. The fraction of sp³-hybridized carbons (Fsp3) is 0.467. The molecule has 2 fully saturated rings. The van der Waals surface area contributed by atoms with Gasteiger partial charge < -0.3 is 9.80 Å². The molecular weight excluding hydrogens is 240 g/mol. The van der Waals surface area contributed by atoms with Gasteiger partial charge in [-0.15, -0.1) is 0 Å². The fourth-order valence-corrected chi connectivity index (χ4v) is 3.11. The summed E-state index contributed by atoms with van der Waals surface area (Å²) in [4.78, 5) is 28.0. The summed E-state index contributed by atoms with van der Waals surface area (Å²) in [6.45, 7) is 3.83. The predicted octanol–water partition coefficient (Wildman–Crippen LogP) is 1.41. The maximum absolute atomic E-state index is 12.6. The third-order valence-corrected chi connectivity index (χ3v) is 4.28. The lowest BCUT2D eigenvalue weighted by molar-refractivity contribution is -0.154. The Labute approximate surface area is 113 Å². The molecule has 1 unspecified atom stereocenters. The summed E-state index contributed by atoms with van der Waals surface area (Å²) in [7, 11) is 0. The molecule has 1 atom stereocenters. The van der Waals surface area contributed by atoms with Gasteiger partial charge in [-0.25, -0.2) is 0 Å². The molecule has 2 aliphatic heterocycles. The summed E-state index contributed by atoms with van der Waals surface area (Å²) in [5.41, 5.74) is 0.529. The van der Waals surface area contributed by atoms with Crippen molar-refractivity contribution < 1.29 is 9.59 Å². The van der Waals surface area contributed by atoms with Crippen LogP contribution >= 0.6 is 0 Å². The third kappa shape index (κ3) is 1.91. The van der Waals surface area contributed by atoms with E-state index in [9.17, 15) is 9.59 Å². The molecule has 0 N–H and O–H groups in total. The van der Waals surface area contributed by atoms with Gasteiger partial charge in [-0.2, -0.15) is 0 Å². The molecule has 0 saturated carbocycles. The molecule has 4 nitrogen and oxygen atoms in total. The van der Waals surface area contributed by atoms with Crippen molar-refractivity contribution in [2.75, 3.05) is 13.1 Å². The molecule has 1 aromatic carbocycles. The minimum absolute atomic E-state index is 0.0912. The zero-order chi connectivity index (χ0) is 13.5. The molecule has 2 heterocycles. The van der Waals surface area contributed by atoms with Gasteiger partial charge >= 0.3 is 0 Å². The second-order valence-electron chi connectivity index (χ2n) is 5.53. The zero-order valence-corrected chi connectivity index (χ0v) is 11.1. The highest BCUT2D eigenvalue weighted by molar-refractivity contribution is 5.95. The average Bonchev–Trinajstić information content (AvgIpc) is 2.72. The van der Waals surface area contributed by atoms with Crippen molar-refractivity contribution in [1.29, 1.82) is 0 Å². The normalized spacial score (nSPS) is 26.8. The van der Waals surface area contributed by atoms with Crippen LogP contribution < -0.4 is 0 Å². The summed E-state index contributed by atoms with van der Waals surface area (Å²) < 4.78 is 0. The number of hydrogen-bond acceptors (Lipinski definition) is 2. The molecular formula is C15H18N2O2. The Hall–Kier alpha value is -1.84. The Morgan fingerprint density at radius 3 is 2.63 bits per heavy atom. The van der Waals surface area contributed by atoms with Crippen LogP contribution in [-0.2, 0) is 16.1 Å². The molecule has 100 valence electrons. The Kier molecular flexibility index (Phi) is 2.81. The standard InChI is InChI=1S/C15H18N2O2/c1-15-8-7-13(18)17(15)10-9-16(14(15)19)11-12-5-3-2-4-6-12/h2-6H,7-11H2,1H3. The van der Waals surface area contributed by atoms with E-state index in [1.807, 2.05) is 42.2 Å². The van der Waals surface area contributed by atoms with Gasteiger partial charge in [0, 0.05) is 26.1 Å². The van der Waals surface area contributed by atoms with Crippen LogP contribution in [0.25, 0.3) is 0 Å². The van der Waals surface area contributed by atoms with Crippen molar-refractivity contribution in [3.63, 3.8) is 0 Å². The van der Waals surface area contributed by atoms with Gasteiger partial charge in [0.25, 0.3) is 0 Å². The second-order valence-corrected chi connectivity index (χ2v) is 5.53. The SMILES string of the molecule is CC12CCC(=O)N1CCN(Cc1ccccc1)C2=O. The molecule has 2 aliphatic rings. The summed E-state index contributed by atoms with van der Waals surface area (Å²) in [5.74, 6) is 0.212. The highest BCUT2D eigenvalue weighted by Gasteiger charge is 2.51. The van der Waals surface area contributed by atoms with Crippen LogP contribution in [0.15, 0.2) is 30.3 Å². The van der Waals surface area contributed by atoms with E-state index in [2.05, 4.69) is 0 Å². The number of carbonyl (C=O) groups is 2. The molecule has 0 aromatic heterocycles. The van der Waals surface area contributed by atoms with Crippen molar-refractivity contribution >= 4 is 11.8 Å². The van der Waals surface area contributed by atoms with Crippen molar-refractivity contribution in [2.45, 2.75) is 31.8 Å². The van der Waals surface area contributed by atoms with Crippen LogP contribution in [0.5, 0.6) is 0 Å². The fourth-order valence-electron chi connectivity index (χ4n) is 3.11. The summed E-state index contributed by atoms with van der Waals surface area (Å²) >= 11 is 0. The number of nitrogens with zero attached hydrogens (tertiary/aromatic N) is 2. The van der Waals surface area contributed by atoms with E-state index in [4.69, 9.17) is 0 Å². The first-order valence-electron chi connectivity index (χ1n) is 6.75. The van der Waals surface area contributed by atoms with Gasteiger partial charge in [-0.1, -0.05) is 30.3 Å². The highest BCUT2D eigenvalue weighted by atomic mass is 16.2. The minimum atomic E-state index is -0.607. The van der Waals surface area contributed by atoms with E-state index in [1.54, 1.807) is 4.90 Å². The predicted molar refractivity (Wildman–Crippen MR) is 71.2 cm³/mol. The Morgan fingerprint density at radius 2 is 1.89 bits per heavy atom. The smallest absolute Gasteiger partial charge is 0.248 e. The van der Waals surface area contributed by atoms with Crippen LogP contribution in [0, 0.1) is 0 Å². The molecule has 0 bridgehead atoms. The lowest BCUT2D eigenvalue weighted by atomic mass is 9.94. The van der Waals surface area contributed by atoms with Gasteiger partial charge in [-0.05, 0) is 18.9 Å². The maximum Gasteiger partial charge on any atom is 0.248 e. The number of carbonyl (C=O) groups excluding carboxylic acids is 2. The first-order chi connectivity index (χ1) is 9.11. The van der Waals surface area contributed by atoms with E-state index in [0.717, 1.165) is 5.56 Å². The average molecular weight is 258 g/mol. The topological polar surface area (TPSA) is 40.6 Å². The summed E-state index contributed by atoms with van der Waals surface area (Å²) in [6.07, 6.45) is 1.15. The number of hydrogen-bond donors (Lipinski definition) is 0. The van der Waals surface area contributed by atoms with Gasteiger partial charge in [-0.3, -0.25) is 9.59 Å². The molecule has 3 rings (SSSR count). The first-order valence-corrected chi connectivity index (χ1v) is 6.75. The number of amides is 2. The molecule has 1 aromatic rings. The van der Waals surface area contributed by atoms with E-state index < -0.39 is 5.54 Å². The third-order valence-electron chi connectivity index (χ3n) is 4.28. The van der Waals surface area contributed by atoms with E-state index in [-0.39, 0.29) is 11.8 Å². The zero-order valence-electron chi connectivity index (χ0n) is 11.1. The van der Waals surface area contributed by atoms with Crippen molar-refractivity contribution in [2.24, 2.45) is 0 Å². The van der Waals surface area contributed by atoms with Crippen LogP contribution in [0.1, 0.15) is 25.3 Å². The van der Waals surface area contributed by atoms with E-state index in [1.165, 1.54) is 0 Å². The van der Waals surface area contributed by atoms with E-state index >= 15 is 0 Å². The molecule has 0 spiro atoms. The van der Waals surface area contributed by atoms with Gasteiger partial charge in [0.05, 0.1) is 0 Å². The van der Waals surface area contributed by atoms with Crippen LogP contribution in [-0.4, -0.2) is 40.2 Å². The van der Waals surface area contributed by atoms with Crippen molar-refractivity contribution in [1.82, 2.24) is 9.80 Å². The number of rotatable bonds is 2. The monoisotopic (exact) mass is 258 g/mol. The van der Waals surface area contributed by atoms with Crippen molar-refractivity contribution in [3.05, 3.63) is 35.9 Å². The molecule has 0 aliphatic carbocycles. The molecule has 2 saturated heterocycles. The van der Waals surface area contributed by atoms with Gasteiger partial charge in [0.15, 0.2) is 0 Å². The number of piperazine rings is 1. The van der Waals surface area contributed by atoms with Crippen LogP contribution in [0.3, 0.4) is 0 Å². The number of fused-ring (bicyclic) bond motifs is 1. The van der Waals surface area contributed by atoms with Crippen molar-refractivity contribution in [3.8, 4) is 0 Å². The number of benzene rings is 1. The lowest BCUT2D eigenvalue weighted by Gasteiger charge is -2.43. The minimum Gasteiger partial charge on any atom is -0.335 e. The van der Waals surface area contributed by atoms with Gasteiger partial charge in [0.2, 0.25) is 11.8 Å². The van der Waals surface area contributed by atoms with Crippen LogP contribution in [0.2, 0.25) is 0 Å². The van der Waals surface area contributed by atoms with Gasteiger partial charge in [0.1, 0.15) is 5.54 Å². The van der Waals surface area contributed by atoms with E-state index in [0.29, 0.717) is 32.5 Å². The maximum atomic E-state index is 12.6. The first kappa shape index (κ1) is 12.2. The summed E-state index contributed by atoms with van der Waals surface area (Å²) in [6, 6.07) is 10.00. The molecule has 19 heavy (non-hydrogen) atoms. The summed E-state index contributed by atoms with van der Waals surface area (Å²) in [5, 5.41) is 0. The quantitative estimate of drug-likeness (QED) is 0.804. The molecule has 4 heteroatoms. The highest BCUT2D eigenvalue weighted by Crippen LogP contribution is 2.34. The molecule has 2 amide bonds. The Balaban J connectivity index is 1.79. The lowest BCUT2D eigenvalue weighted by Crippen LogP contribution is -2.62. The second kappa shape index (κ2) is 4.37.